The fourth-order valence-corrected chi connectivity index (χ4v) is 1.13. The molecule has 0 N–H and O–H groups in total. The van der Waals surface area contributed by atoms with Gasteiger partial charge in [0, 0.05) is 11.8 Å². The molecule has 0 aromatic rings. The SMILES string of the molecule is Cc1ccc2ccnc-2cc1. The lowest BCUT2D eigenvalue weighted by atomic mass is 10.2. The van der Waals surface area contributed by atoms with Gasteiger partial charge in [-0.25, -0.2) is 0 Å². The number of fused-ring (bicyclic) bond motifs is 1. The standard InChI is InChI=1S/C10H9N/c1-8-2-4-9-6-7-11-10(9)5-3-8/h2-7H,1H3. The summed E-state index contributed by atoms with van der Waals surface area (Å²) in [6, 6.07) is 10.3. The van der Waals surface area contributed by atoms with Crippen molar-refractivity contribution >= 4 is 0 Å². The predicted molar refractivity (Wildman–Crippen MR) is 45.6 cm³/mol. The van der Waals surface area contributed by atoms with E-state index in [-0.39, 0.29) is 0 Å². The Morgan fingerprint density at radius 1 is 1.00 bits per heavy atom. The molecule has 2 aliphatic rings. The Morgan fingerprint density at radius 2 is 1.82 bits per heavy atom. The van der Waals surface area contributed by atoms with Gasteiger partial charge in [-0.05, 0) is 19.1 Å². The highest BCUT2D eigenvalue weighted by atomic mass is 14.7. The zero-order valence-electron chi connectivity index (χ0n) is 6.41. The summed E-state index contributed by atoms with van der Waals surface area (Å²) in [5.74, 6) is 0. The van der Waals surface area contributed by atoms with Crippen LogP contribution in [0.2, 0.25) is 0 Å². The van der Waals surface area contributed by atoms with E-state index in [1.54, 1.807) is 0 Å². The Hall–Kier alpha value is -1.37. The molecule has 54 valence electrons. The topological polar surface area (TPSA) is 12.9 Å². The largest absolute Gasteiger partial charge is 0.256 e. The van der Waals surface area contributed by atoms with Gasteiger partial charge in [0.05, 0.1) is 5.69 Å². The van der Waals surface area contributed by atoms with Crippen LogP contribution < -0.4 is 0 Å². The van der Waals surface area contributed by atoms with Crippen molar-refractivity contribution in [3.8, 4) is 11.3 Å². The van der Waals surface area contributed by atoms with Crippen molar-refractivity contribution in [3.05, 3.63) is 42.1 Å². The first-order valence-electron chi connectivity index (χ1n) is 3.68. The molecule has 0 atom stereocenters. The van der Waals surface area contributed by atoms with E-state index in [0.717, 1.165) is 5.69 Å². The number of nitrogens with zero attached hydrogens (tertiary/aromatic N) is 1. The van der Waals surface area contributed by atoms with Gasteiger partial charge in [0.1, 0.15) is 0 Å². The van der Waals surface area contributed by atoms with Gasteiger partial charge in [-0.2, -0.15) is 0 Å². The van der Waals surface area contributed by atoms with Crippen molar-refractivity contribution in [2.24, 2.45) is 0 Å². The van der Waals surface area contributed by atoms with E-state index in [9.17, 15) is 0 Å². The molecule has 0 spiro atoms. The Kier molecular flexibility index (Phi) is 1.35. The molecule has 0 saturated carbocycles. The maximum atomic E-state index is 4.20. The molecular formula is C10H9N. The maximum absolute atomic E-state index is 4.20. The van der Waals surface area contributed by atoms with Crippen molar-refractivity contribution in [2.75, 3.05) is 0 Å². The van der Waals surface area contributed by atoms with E-state index in [1.165, 1.54) is 11.1 Å². The highest BCUT2D eigenvalue weighted by Gasteiger charge is 1.98. The second kappa shape index (κ2) is 2.35. The first-order chi connectivity index (χ1) is 5.36. The van der Waals surface area contributed by atoms with E-state index in [4.69, 9.17) is 0 Å². The number of hydrogen-bond donors (Lipinski definition) is 0. The molecular weight excluding hydrogens is 134 g/mol. The lowest BCUT2D eigenvalue weighted by Gasteiger charge is -1.83. The lowest BCUT2D eigenvalue weighted by molar-refractivity contribution is 1.41. The Labute approximate surface area is 66.1 Å². The summed E-state index contributed by atoms with van der Waals surface area (Å²) in [4.78, 5) is 4.20. The summed E-state index contributed by atoms with van der Waals surface area (Å²) in [5.41, 5.74) is 3.54. The van der Waals surface area contributed by atoms with Crippen LogP contribution in [0.3, 0.4) is 0 Å². The third-order valence-corrected chi connectivity index (χ3v) is 1.79. The average Bonchev–Trinajstić information content (AvgIpc) is 2.38. The summed E-state index contributed by atoms with van der Waals surface area (Å²) in [5, 5.41) is 0. The first kappa shape index (κ1) is 6.35. The van der Waals surface area contributed by atoms with Gasteiger partial charge in [-0.3, -0.25) is 4.98 Å². The molecule has 1 heterocycles. The average molecular weight is 143 g/mol. The Bertz CT molecular complexity index is 310. The fraction of sp³-hybridized carbons (Fsp3) is 0.100. The van der Waals surface area contributed by atoms with E-state index in [2.05, 4.69) is 30.1 Å². The summed E-state index contributed by atoms with van der Waals surface area (Å²) in [6.07, 6.45) is 1.83. The van der Waals surface area contributed by atoms with Gasteiger partial charge < -0.3 is 0 Å². The molecule has 1 aliphatic heterocycles. The van der Waals surface area contributed by atoms with E-state index in [0.29, 0.717) is 0 Å². The molecule has 0 aromatic heterocycles. The van der Waals surface area contributed by atoms with Gasteiger partial charge in [0.25, 0.3) is 0 Å². The Balaban J connectivity index is 2.71. The normalized spacial score (nSPS) is 10.3. The van der Waals surface area contributed by atoms with Gasteiger partial charge in [-0.1, -0.05) is 23.8 Å². The summed E-state index contributed by atoms with van der Waals surface area (Å²) in [6.45, 7) is 2.08. The van der Waals surface area contributed by atoms with Crippen LogP contribution in [0.4, 0.5) is 0 Å². The van der Waals surface area contributed by atoms with E-state index < -0.39 is 0 Å². The monoisotopic (exact) mass is 143 g/mol. The molecule has 0 fully saturated rings. The second-order valence-corrected chi connectivity index (χ2v) is 2.70. The summed E-state index contributed by atoms with van der Waals surface area (Å²) < 4.78 is 0. The van der Waals surface area contributed by atoms with Crippen LogP contribution in [0.25, 0.3) is 11.3 Å². The molecule has 2 rings (SSSR count). The molecule has 0 amide bonds. The smallest absolute Gasteiger partial charge is 0.0702 e. The van der Waals surface area contributed by atoms with Crippen molar-refractivity contribution in [3.63, 3.8) is 0 Å². The maximum Gasteiger partial charge on any atom is 0.0702 e. The predicted octanol–water partition coefficient (Wildman–Crippen LogP) is 2.49. The van der Waals surface area contributed by atoms with Crippen LogP contribution in [0, 0.1) is 6.92 Å². The third-order valence-electron chi connectivity index (χ3n) is 1.79. The lowest BCUT2D eigenvalue weighted by Crippen LogP contribution is -1.65. The highest BCUT2D eigenvalue weighted by molar-refractivity contribution is 5.60. The van der Waals surface area contributed by atoms with Crippen LogP contribution in [0.5, 0.6) is 0 Å². The molecule has 1 heteroatoms. The summed E-state index contributed by atoms with van der Waals surface area (Å²) in [7, 11) is 0. The number of aromatic nitrogens is 1. The molecule has 0 bridgehead atoms. The van der Waals surface area contributed by atoms with Gasteiger partial charge >= 0.3 is 0 Å². The fourth-order valence-electron chi connectivity index (χ4n) is 1.13. The molecule has 0 aromatic carbocycles. The third kappa shape index (κ3) is 1.09. The second-order valence-electron chi connectivity index (χ2n) is 2.70. The van der Waals surface area contributed by atoms with Crippen LogP contribution in [0.1, 0.15) is 5.56 Å². The quantitative estimate of drug-likeness (QED) is 0.552. The van der Waals surface area contributed by atoms with Crippen molar-refractivity contribution in [1.82, 2.24) is 4.98 Å². The summed E-state index contributed by atoms with van der Waals surface area (Å²) >= 11 is 0. The molecule has 0 saturated heterocycles. The van der Waals surface area contributed by atoms with Gasteiger partial charge in [0.2, 0.25) is 0 Å². The van der Waals surface area contributed by atoms with Crippen LogP contribution in [0.15, 0.2) is 36.5 Å². The number of hydrogen-bond acceptors (Lipinski definition) is 1. The number of rotatable bonds is 0. The van der Waals surface area contributed by atoms with Crippen LogP contribution in [-0.4, -0.2) is 4.98 Å². The van der Waals surface area contributed by atoms with Gasteiger partial charge in [-0.15, -0.1) is 0 Å². The zero-order valence-corrected chi connectivity index (χ0v) is 6.41. The minimum atomic E-state index is 1.07. The first-order valence-corrected chi connectivity index (χ1v) is 3.68. The van der Waals surface area contributed by atoms with Gasteiger partial charge in [0.15, 0.2) is 0 Å². The number of aryl methyl sites for hydroxylation is 1. The molecule has 1 nitrogen and oxygen atoms in total. The minimum absolute atomic E-state index is 1.07. The van der Waals surface area contributed by atoms with Crippen molar-refractivity contribution in [2.45, 2.75) is 6.92 Å². The molecule has 0 radical (unpaired) electrons. The van der Waals surface area contributed by atoms with Crippen LogP contribution in [-0.2, 0) is 0 Å². The minimum Gasteiger partial charge on any atom is -0.256 e. The highest BCUT2D eigenvalue weighted by Crippen LogP contribution is 2.17. The van der Waals surface area contributed by atoms with Crippen molar-refractivity contribution < 1.29 is 0 Å². The molecule has 11 heavy (non-hydrogen) atoms. The van der Waals surface area contributed by atoms with Crippen LogP contribution >= 0.6 is 0 Å². The molecule has 0 unspecified atom stereocenters. The van der Waals surface area contributed by atoms with E-state index >= 15 is 0 Å². The molecule has 1 aliphatic carbocycles. The Morgan fingerprint density at radius 3 is 2.73 bits per heavy atom. The van der Waals surface area contributed by atoms with E-state index in [1.807, 2.05) is 18.3 Å². The van der Waals surface area contributed by atoms with Crippen molar-refractivity contribution in [1.29, 1.82) is 0 Å². The zero-order chi connectivity index (χ0) is 7.68.